The van der Waals surface area contributed by atoms with E-state index in [1.165, 1.54) is 24.3 Å². The van der Waals surface area contributed by atoms with Crippen LogP contribution in [0.1, 0.15) is 31.9 Å². The van der Waals surface area contributed by atoms with Crippen LogP contribution in [0, 0.1) is 21.4 Å². The first-order chi connectivity index (χ1) is 16.3. The van der Waals surface area contributed by atoms with Gasteiger partial charge in [-0.25, -0.2) is 8.42 Å². The number of allylic oxidation sites excluding steroid dienone is 1. The normalized spacial score (nSPS) is 12.2. The van der Waals surface area contributed by atoms with Crippen molar-refractivity contribution in [1.29, 1.82) is 5.26 Å². The van der Waals surface area contributed by atoms with Gasteiger partial charge in [-0.2, -0.15) is 5.26 Å². The Morgan fingerprint density at radius 2 is 1.71 bits per heavy atom. The number of ether oxygens (including phenoxy) is 1. The lowest BCUT2D eigenvalue weighted by molar-refractivity contribution is -0.385. The van der Waals surface area contributed by atoms with Crippen LogP contribution in [-0.4, -0.2) is 13.3 Å². The van der Waals surface area contributed by atoms with E-state index in [0.717, 1.165) is 23.8 Å². The van der Waals surface area contributed by atoms with Crippen LogP contribution in [0.3, 0.4) is 0 Å². The Morgan fingerprint density at radius 1 is 1.06 bits per heavy atom. The SMILES string of the molecule is CC(C)(C)c1ccc(Oc2ccc(/C=C(/C#N)S(=O)(=O)c3cc(Cl)ccc3Cl)cc2[N+](=O)[O-])cc1. The Hall–Kier alpha value is -3.38. The first-order valence-corrected chi connectivity index (χ1v) is 12.5. The predicted octanol–water partition coefficient (Wildman–Crippen LogP) is 7.33. The molecule has 0 aliphatic rings. The predicted molar refractivity (Wildman–Crippen MR) is 136 cm³/mol. The summed E-state index contributed by atoms with van der Waals surface area (Å²) in [5, 5.41) is 21.2. The van der Waals surface area contributed by atoms with E-state index in [-0.39, 0.29) is 31.7 Å². The number of nitro groups is 1. The maximum atomic E-state index is 13.0. The van der Waals surface area contributed by atoms with Gasteiger partial charge in [-0.15, -0.1) is 0 Å². The van der Waals surface area contributed by atoms with Gasteiger partial charge in [0.05, 0.1) is 14.8 Å². The second kappa shape index (κ2) is 10.1. The molecule has 3 aromatic carbocycles. The lowest BCUT2D eigenvalue weighted by Gasteiger charge is -2.19. The van der Waals surface area contributed by atoms with Gasteiger partial charge in [0.25, 0.3) is 0 Å². The highest BCUT2D eigenvalue weighted by atomic mass is 35.5. The fraction of sp³-hybridized carbons (Fsp3) is 0.160. The zero-order valence-corrected chi connectivity index (χ0v) is 21.3. The molecule has 0 heterocycles. The number of nitriles is 1. The quantitative estimate of drug-likeness (QED) is 0.187. The first kappa shape index (κ1) is 26.2. The van der Waals surface area contributed by atoms with Crippen molar-refractivity contribution in [2.75, 3.05) is 0 Å². The molecule has 0 aliphatic carbocycles. The number of sulfone groups is 1. The van der Waals surface area contributed by atoms with Crippen LogP contribution in [0.4, 0.5) is 5.69 Å². The summed E-state index contributed by atoms with van der Waals surface area (Å²) in [5.41, 5.74) is 0.733. The monoisotopic (exact) mass is 530 g/mol. The van der Waals surface area contributed by atoms with E-state index in [1.807, 2.05) is 12.1 Å². The Labute approximate surface area is 213 Å². The van der Waals surface area contributed by atoms with Gasteiger partial charge in [0.15, 0.2) is 0 Å². The zero-order chi connectivity index (χ0) is 26.0. The molecule has 0 aliphatic heterocycles. The van der Waals surface area contributed by atoms with Crippen LogP contribution < -0.4 is 4.74 Å². The summed E-state index contributed by atoms with van der Waals surface area (Å²) < 4.78 is 31.7. The summed E-state index contributed by atoms with van der Waals surface area (Å²) in [4.78, 5) is 10.1. The minimum atomic E-state index is -4.33. The highest BCUT2D eigenvalue weighted by molar-refractivity contribution is 7.95. The van der Waals surface area contributed by atoms with E-state index in [4.69, 9.17) is 27.9 Å². The molecule has 10 heteroatoms. The number of halogens is 2. The Balaban J connectivity index is 1.99. The van der Waals surface area contributed by atoms with Crippen LogP contribution in [0.25, 0.3) is 6.08 Å². The van der Waals surface area contributed by atoms with Crippen molar-refractivity contribution in [3.8, 4) is 17.6 Å². The van der Waals surface area contributed by atoms with E-state index in [2.05, 4.69) is 20.8 Å². The summed E-state index contributed by atoms with van der Waals surface area (Å²) in [6.45, 7) is 6.20. The lowest BCUT2D eigenvalue weighted by atomic mass is 9.87. The molecular weight excluding hydrogens is 511 g/mol. The standard InChI is InChI=1S/C25H20Cl2N2O5S/c1-25(2,3)17-5-8-19(9-6-17)34-23-11-4-16(13-22(23)29(30)31)12-20(15-28)35(32,33)24-14-18(26)7-10-21(24)27/h4-14H,1-3H3/b20-12-. The number of nitro benzene ring substituents is 1. The topological polar surface area (TPSA) is 110 Å². The minimum absolute atomic E-state index is 0.0325. The molecule has 0 radical (unpaired) electrons. The third-order valence-electron chi connectivity index (χ3n) is 5.01. The van der Waals surface area contributed by atoms with Crippen LogP contribution in [0.15, 0.2) is 70.5 Å². The fourth-order valence-corrected chi connectivity index (χ4v) is 5.04. The first-order valence-electron chi connectivity index (χ1n) is 10.2. The Morgan fingerprint density at radius 3 is 2.29 bits per heavy atom. The lowest BCUT2D eigenvalue weighted by Crippen LogP contribution is -2.10. The van der Waals surface area contributed by atoms with Gasteiger partial charge in [0.1, 0.15) is 16.7 Å². The summed E-state index contributed by atoms with van der Waals surface area (Å²) in [6.07, 6.45) is 1.03. The van der Waals surface area contributed by atoms with E-state index < -0.39 is 25.4 Å². The van der Waals surface area contributed by atoms with Crippen molar-refractivity contribution in [3.05, 3.63) is 96.9 Å². The van der Waals surface area contributed by atoms with Gasteiger partial charge in [-0.1, -0.05) is 62.2 Å². The second-order valence-corrected chi connectivity index (χ2v) is 11.3. The molecule has 0 N–H and O–H groups in total. The number of hydrogen-bond donors (Lipinski definition) is 0. The number of rotatable bonds is 6. The third-order valence-corrected chi connectivity index (χ3v) is 7.39. The summed E-state index contributed by atoms with van der Waals surface area (Å²) in [7, 11) is -4.33. The van der Waals surface area contributed by atoms with Gasteiger partial charge in [0.2, 0.25) is 15.6 Å². The van der Waals surface area contributed by atoms with Crippen molar-refractivity contribution >= 4 is 44.8 Å². The zero-order valence-electron chi connectivity index (χ0n) is 19.0. The van der Waals surface area contributed by atoms with E-state index in [0.29, 0.717) is 5.75 Å². The van der Waals surface area contributed by atoms with E-state index >= 15 is 0 Å². The highest BCUT2D eigenvalue weighted by Crippen LogP contribution is 2.35. The average Bonchev–Trinajstić information content (AvgIpc) is 2.79. The second-order valence-electron chi connectivity index (χ2n) is 8.56. The average molecular weight is 531 g/mol. The molecule has 0 unspecified atom stereocenters. The molecule has 0 saturated heterocycles. The molecule has 7 nitrogen and oxygen atoms in total. The maximum Gasteiger partial charge on any atom is 0.312 e. The van der Waals surface area contributed by atoms with Gasteiger partial charge in [0, 0.05) is 11.1 Å². The van der Waals surface area contributed by atoms with Crippen molar-refractivity contribution in [2.45, 2.75) is 31.1 Å². The largest absolute Gasteiger partial charge is 0.450 e. The smallest absolute Gasteiger partial charge is 0.312 e. The summed E-state index contributed by atoms with van der Waals surface area (Å²) >= 11 is 11.9. The maximum absolute atomic E-state index is 13.0. The van der Waals surface area contributed by atoms with Crippen LogP contribution in [0.5, 0.6) is 11.5 Å². The van der Waals surface area contributed by atoms with Crippen LogP contribution in [-0.2, 0) is 15.3 Å². The van der Waals surface area contributed by atoms with Gasteiger partial charge >= 0.3 is 5.69 Å². The molecule has 0 spiro atoms. The Bertz CT molecular complexity index is 1470. The van der Waals surface area contributed by atoms with Crippen LogP contribution >= 0.6 is 23.2 Å². The van der Waals surface area contributed by atoms with Crippen LogP contribution in [0.2, 0.25) is 10.0 Å². The molecule has 0 fully saturated rings. The molecule has 0 aromatic heterocycles. The summed E-state index contributed by atoms with van der Waals surface area (Å²) in [5.74, 6) is 0.371. The third kappa shape index (κ3) is 6.01. The van der Waals surface area contributed by atoms with Gasteiger partial charge in [-0.05, 0) is 59.0 Å². The van der Waals surface area contributed by atoms with Crippen molar-refractivity contribution in [1.82, 2.24) is 0 Å². The molecular formula is C25H20Cl2N2O5S. The van der Waals surface area contributed by atoms with Crippen molar-refractivity contribution in [3.63, 3.8) is 0 Å². The number of benzene rings is 3. The van der Waals surface area contributed by atoms with Gasteiger partial charge < -0.3 is 4.74 Å². The molecule has 0 saturated carbocycles. The number of nitrogens with zero attached hydrogens (tertiary/aromatic N) is 2. The van der Waals surface area contributed by atoms with Crippen molar-refractivity contribution in [2.24, 2.45) is 0 Å². The van der Waals surface area contributed by atoms with Crippen molar-refractivity contribution < 1.29 is 18.1 Å². The number of hydrogen-bond acceptors (Lipinski definition) is 6. The molecule has 3 rings (SSSR count). The molecule has 0 bridgehead atoms. The molecule has 35 heavy (non-hydrogen) atoms. The fourth-order valence-electron chi connectivity index (χ4n) is 3.13. The minimum Gasteiger partial charge on any atom is -0.450 e. The Kier molecular flexibility index (Phi) is 7.56. The summed E-state index contributed by atoms with van der Waals surface area (Å²) in [6, 6.07) is 16.6. The molecule has 0 amide bonds. The van der Waals surface area contributed by atoms with E-state index in [1.54, 1.807) is 18.2 Å². The molecule has 0 atom stereocenters. The van der Waals surface area contributed by atoms with Gasteiger partial charge in [-0.3, -0.25) is 10.1 Å². The highest BCUT2D eigenvalue weighted by Gasteiger charge is 2.25. The molecule has 3 aromatic rings. The molecule has 180 valence electrons. The van der Waals surface area contributed by atoms with E-state index in [9.17, 15) is 23.8 Å².